The summed E-state index contributed by atoms with van der Waals surface area (Å²) in [4.78, 5) is 10.1. The van der Waals surface area contributed by atoms with Crippen molar-refractivity contribution in [3.8, 4) is 0 Å². The summed E-state index contributed by atoms with van der Waals surface area (Å²) in [7, 11) is 0. The van der Waals surface area contributed by atoms with E-state index in [0.29, 0.717) is 5.76 Å². The molecule has 0 fully saturated rings. The molecule has 2 rings (SSSR count). The van der Waals surface area contributed by atoms with Gasteiger partial charge in [-0.25, -0.2) is 4.39 Å². The number of non-ortho nitro benzene ring substituents is 1. The summed E-state index contributed by atoms with van der Waals surface area (Å²) in [6.07, 6.45) is 0. The molecule has 1 aromatic carbocycles. The van der Waals surface area contributed by atoms with Crippen LogP contribution in [0.5, 0.6) is 0 Å². The fourth-order valence-electron chi connectivity index (χ4n) is 1.38. The van der Waals surface area contributed by atoms with Crippen LogP contribution in [0.1, 0.15) is 5.76 Å². The molecular weight excluding hydrogens is 316 g/mol. The Labute approximate surface area is 97.4 Å². The summed E-state index contributed by atoms with van der Waals surface area (Å²) < 4.78 is 18.9. The van der Waals surface area contributed by atoms with Crippen LogP contribution in [0, 0.1) is 26.4 Å². The second-order valence-electron chi connectivity index (χ2n) is 3.05. The molecule has 0 bridgehead atoms. The molecule has 0 atom stereocenters. The number of aryl methyl sites for hydroxylation is 1. The number of nitro benzene ring substituents is 1. The van der Waals surface area contributed by atoms with Crippen LogP contribution in [0.3, 0.4) is 0 Å². The minimum atomic E-state index is -0.577. The Hall–Kier alpha value is -1.18. The Balaban J connectivity index is 2.93. The lowest BCUT2D eigenvalue weighted by Crippen LogP contribution is -1.92. The number of hydrogen-bond acceptors (Lipinski definition) is 3. The van der Waals surface area contributed by atoms with Crippen molar-refractivity contribution in [3.63, 3.8) is 0 Å². The number of hydrogen-bond donors (Lipinski definition) is 0. The highest BCUT2D eigenvalue weighted by Gasteiger charge is 2.21. The Kier molecular flexibility index (Phi) is 2.37. The number of benzene rings is 1. The maximum atomic E-state index is 13.6. The molecule has 78 valence electrons. The van der Waals surface area contributed by atoms with Crippen molar-refractivity contribution in [1.29, 1.82) is 0 Å². The molecule has 15 heavy (non-hydrogen) atoms. The lowest BCUT2D eigenvalue weighted by atomic mass is 10.2. The van der Waals surface area contributed by atoms with Crippen LogP contribution in [-0.4, -0.2) is 4.92 Å². The van der Waals surface area contributed by atoms with Crippen LogP contribution in [0.25, 0.3) is 11.0 Å². The zero-order valence-electron chi connectivity index (χ0n) is 7.58. The quantitative estimate of drug-likeness (QED) is 0.459. The highest BCUT2D eigenvalue weighted by Crippen LogP contribution is 2.33. The van der Waals surface area contributed by atoms with E-state index in [1.807, 2.05) is 0 Å². The van der Waals surface area contributed by atoms with Gasteiger partial charge in [0.15, 0.2) is 0 Å². The molecule has 4 nitrogen and oxygen atoms in total. The number of rotatable bonds is 1. The van der Waals surface area contributed by atoms with Crippen molar-refractivity contribution in [2.24, 2.45) is 0 Å². The molecule has 2 aromatic rings. The third-order valence-electron chi connectivity index (χ3n) is 1.99. The van der Waals surface area contributed by atoms with E-state index in [1.165, 1.54) is 12.1 Å². The third-order valence-corrected chi connectivity index (χ3v) is 2.78. The van der Waals surface area contributed by atoms with E-state index in [9.17, 15) is 14.5 Å². The molecule has 0 aliphatic carbocycles. The van der Waals surface area contributed by atoms with Crippen LogP contribution in [-0.2, 0) is 0 Å². The first-order valence-electron chi connectivity index (χ1n) is 4.03. The fourth-order valence-corrected chi connectivity index (χ4v) is 1.97. The largest absolute Gasteiger partial charge is 0.454 e. The highest BCUT2D eigenvalue weighted by molar-refractivity contribution is 14.1. The van der Waals surface area contributed by atoms with E-state index >= 15 is 0 Å². The Morgan fingerprint density at radius 1 is 1.53 bits per heavy atom. The normalized spacial score (nSPS) is 10.9. The van der Waals surface area contributed by atoms with Gasteiger partial charge in [0.25, 0.3) is 0 Å². The number of furan rings is 1. The molecule has 0 unspecified atom stereocenters. The number of halogens is 2. The van der Waals surface area contributed by atoms with Gasteiger partial charge in [0.1, 0.15) is 11.6 Å². The molecule has 0 aliphatic heterocycles. The van der Waals surface area contributed by atoms with Crippen molar-refractivity contribution >= 4 is 39.2 Å². The summed E-state index contributed by atoms with van der Waals surface area (Å²) in [6.45, 7) is 1.62. The topological polar surface area (TPSA) is 56.3 Å². The van der Waals surface area contributed by atoms with Crippen molar-refractivity contribution in [2.45, 2.75) is 6.92 Å². The molecule has 0 radical (unpaired) electrons. The van der Waals surface area contributed by atoms with Crippen LogP contribution < -0.4 is 0 Å². The Bertz CT molecular complexity index is 564. The zero-order chi connectivity index (χ0) is 11.2. The van der Waals surface area contributed by atoms with Gasteiger partial charge in [0, 0.05) is 6.07 Å². The highest BCUT2D eigenvalue weighted by atomic mass is 127. The van der Waals surface area contributed by atoms with E-state index in [4.69, 9.17) is 4.42 Å². The second kappa shape index (κ2) is 3.44. The van der Waals surface area contributed by atoms with Crippen molar-refractivity contribution in [3.05, 3.63) is 37.4 Å². The van der Waals surface area contributed by atoms with Crippen molar-refractivity contribution in [2.75, 3.05) is 0 Å². The summed E-state index contributed by atoms with van der Waals surface area (Å²) in [5.74, 6) is -0.0259. The molecule has 0 N–H and O–H groups in total. The predicted octanol–water partition coefficient (Wildman–Crippen LogP) is 3.39. The van der Waals surface area contributed by atoms with Gasteiger partial charge in [-0.3, -0.25) is 10.1 Å². The van der Waals surface area contributed by atoms with Gasteiger partial charge in [-0.1, -0.05) is 0 Å². The number of fused-ring (bicyclic) bond motifs is 1. The molecule has 0 saturated carbocycles. The monoisotopic (exact) mass is 321 g/mol. The molecule has 0 aliphatic rings. The maximum Gasteiger partial charge on any atom is 0.313 e. The van der Waals surface area contributed by atoms with Crippen molar-refractivity contribution < 1.29 is 13.7 Å². The first kappa shape index (κ1) is 10.3. The first-order chi connectivity index (χ1) is 7.00. The molecule has 0 spiro atoms. The molecule has 1 heterocycles. The average molecular weight is 321 g/mol. The van der Waals surface area contributed by atoms with Crippen LogP contribution in [0.2, 0.25) is 0 Å². The Morgan fingerprint density at radius 3 is 2.80 bits per heavy atom. The lowest BCUT2D eigenvalue weighted by molar-refractivity contribution is -0.383. The standard InChI is InChI=1S/C9H5FINO3/c1-4-2-5-8(10)6(11)3-7(12(13)14)9(5)15-4/h2-3H,1H3. The van der Waals surface area contributed by atoms with Gasteiger partial charge in [-0.2, -0.15) is 0 Å². The fraction of sp³-hybridized carbons (Fsp3) is 0.111. The maximum absolute atomic E-state index is 13.6. The van der Waals surface area contributed by atoms with E-state index in [-0.39, 0.29) is 20.2 Å². The summed E-state index contributed by atoms with van der Waals surface area (Å²) in [6, 6.07) is 2.63. The summed E-state index contributed by atoms with van der Waals surface area (Å²) in [5, 5.41) is 10.9. The van der Waals surface area contributed by atoms with E-state index in [2.05, 4.69) is 0 Å². The van der Waals surface area contributed by atoms with Gasteiger partial charge < -0.3 is 4.42 Å². The van der Waals surface area contributed by atoms with Gasteiger partial charge in [0.2, 0.25) is 5.58 Å². The van der Waals surface area contributed by atoms with E-state index in [0.717, 1.165) is 0 Å². The smallest absolute Gasteiger partial charge is 0.313 e. The predicted molar refractivity (Wildman–Crippen MR) is 60.3 cm³/mol. The average Bonchev–Trinajstić information content (AvgIpc) is 2.53. The number of nitro groups is 1. The molecule has 1 aromatic heterocycles. The van der Waals surface area contributed by atoms with Gasteiger partial charge in [-0.15, -0.1) is 0 Å². The molecule has 6 heteroatoms. The minimum absolute atomic E-state index is 0.00424. The van der Waals surface area contributed by atoms with Crippen LogP contribution in [0.4, 0.5) is 10.1 Å². The van der Waals surface area contributed by atoms with Gasteiger partial charge >= 0.3 is 5.69 Å². The van der Waals surface area contributed by atoms with Crippen molar-refractivity contribution in [1.82, 2.24) is 0 Å². The Morgan fingerprint density at radius 2 is 2.20 bits per heavy atom. The zero-order valence-corrected chi connectivity index (χ0v) is 9.74. The molecule has 0 amide bonds. The van der Waals surface area contributed by atoms with Crippen LogP contribution in [0.15, 0.2) is 16.5 Å². The number of nitrogens with zero attached hydrogens (tertiary/aromatic N) is 1. The van der Waals surface area contributed by atoms with E-state index in [1.54, 1.807) is 29.5 Å². The van der Waals surface area contributed by atoms with E-state index < -0.39 is 10.7 Å². The van der Waals surface area contributed by atoms with Gasteiger partial charge in [0.05, 0.1) is 13.9 Å². The summed E-state index contributed by atoms with van der Waals surface area (Å²) >= 11 is 1.72. The molecular formula is C9H5FINO3. The third kappa shape index (κ3) is 1.58. The second-order valence-corrected chi connectivity index (χ2v) is 4.21. The lowest BCUT2D eigenvalue weighted by Gasteiger charge is -1.96. The summed E-state index contributed by atoms with van der Waals surface area (Å²) in [5.41, 5.74) is -0.209. The van der Waals surface area contributed by atoms with Crippen LogP contribution >= 0.6 is 22.6 Å². The first-order valence-corrected chi connectivity index (χ1v) is 5.11. The molecule has 0 saturated heterocycles. The minimum Gasteiger partial charge on any atom is -0.454 e. The van der Waals surface area contributed by atoms with Gasteiger partial charge in [-0.05, 0) is 35.6 Å². The SMILES string of the molecule is Cc1cc2c(F)c(I)cc([N+](=O)[O-])c2o1.